The van der Waals surface area contributed by atoms with Crippen molar-refractivity contribution in [3.8, 4) is 0 Å². The molecule has 0 aromatic heterocycles. The maximum absolute atomic E-state index is 11.5. The molecule has 0 atom stereocenters. The summed E-state index contributed by atoms with van der Waals surface area (Å²) < 4.78 is 15.8. The highest BCUT2D eigenvalue weighted by molar-refractivity contribution is 7.52. The molecular formula is C10H19O5P. The van der Waals surface area contributed by atoms with Crippen LogP contribution in [0.15, 0.2) is 11.1 Å². The molecule has 94 valence electrons. The summed E-state index contributed by atoms with van der Waals surface area (Å²) in [7, 11) is -4.13. The Kier molecular flexibility index (Phi) is 6.56. The molecule has 0 radical (unpaired) electrons. The zero-order valence-corrected chi connectivity index (χ0v) is 10.8. The molecule has 5 nitrogen and oxygen atoms in total. The van der Waals surface area contributed by atoms with Crippen molar-refractivity contribution in [2.24, 2.45) is 0 Å². The predicted molar refractivity (Wildman–Crippen MR) is 61.2 cm³/mol. The lowest BCUT2D eigenvalue weighted by atomic mass is 10.1. The maximum Gasteiger partial charge on any atom is 0.333 e. The number of carbonyl (C=O) groups excluding carboxylic acids is 1. The van der Waals surface area contributed by atoms with Crippen LogP contribution in [0.5, 0.6) is 0 Å². The van der Waals surface area contributed by atoms with Crippen LogP contribution in [0.2, 0.25) is 0 Å². The first kappa shape index (κ1) is 15.4. The lowest BCUT2D eigenvalue weighted by Crippen LogP contribution is -2.11. The summed E-state index contributed by atoms with van der Waals surface area (Å²) in [6, 6.07) is 0. The third-order valence-electron chi connectivity index (χ3n) is 2.13. The standard InChI is InChI=1S/C10H19O5P/c1-4-8(7-16(12,13)14)9(5-2)10(11)15-6-3/h4-7H2,1-3H3,(H2,12,13,14)/b9-8+. The number of ether oxygens (including phenoxy) is 1. The summed E-state index contributed by atoms with van der Waals surface area (Å²) in [5.74, 6) is -0.477. The quantitative estimate of drug-likeness (QED) is 0.427. The van der Waals surface area contributed by atoms with Gasteiger partial charge in [0.15, 0.2) is 0 Å². The van der Waals surface area contributed by atoms with Crippen LogP contribution < -0.4 is 0 Å². The molecular weight excluding hydrogens is 231 g/mol. The molecule has 0 spiro atoms. The predicted octanol–water partition coefficient (Wildman–Crippen LogP) is 1.84. The molecule has 0 aromatic rings. The highest BCUT2D eigenvalue weighted by Gasteiger charge is 2.21. The fourth-order valence-electron chi connectivity index (χ4n) is 1.43. The van der Waals surface area contributed by atoms with E-state index in [9.17, 15) is 9.36 Å². The minimum atomic E-state index is -4.13. The van der Waals surface area contributed by atoms with Gasteiger partial charge in [-0.15, -0.1) is 0 Å². The van der Waals surface area contributed by atoms with Crippen LogP contribution in [0.25, 0.3) is 0 Å². The number of carbonyl (C=O) groups is 1. The summed E-state index contributed by atoms with van der Waals surface area (Å²) >= 11 is 0. The highest BCUT2D eigenvalue weighted by Crippen LogP contribution is 2.38. The molecule has 0 aliphatic rings. The molecule has 0 bridgehead atoms. The molecule has 0 aliphatic heterocycles. The molecule has 16 heavy (non-hydrogen) atoms. The minimum absolute atomic E-state index is 0.259. The van der Waals surface area contributed by atoms with Gasteiger partial charge in [-0.25, -0.2) is 4.79 Å². The fourth-order valence-corrected chi connectivity index (χ4v) is 2.34. The number of hydrogen-bond acceptors (Lipinski definition) is 3. The molecule has 0 saturated heterocycles. The van der Waals surface area contributed by atoms with E-state index < -0.39 is 13.6 Å². The summed E-state index contributed by atoms with van der Waals surface area (Å²) in [6.07, 6.45) is 0.487. The Balaban J connectivity index is 5.05. The Labute approximate surface area is 95.7 Å². The SMILES string of the molecule is CCOC(=O)/C(CC)=C(\CC)CP(=O)(O)O. The Morgan fingerprint density at radius 1 is 1.19 bits per heavy atom. The Morgan fingerprint density at radius 2 is 1.75 bits per heavy atom. The molecule has 0 saturated carbocycles. The highest BCUT2D eigenvalue weighted by atomic mass is 31.2. The lowest BCUT2D eigenvalue weighted by Gasteiger charge is -2.12. The van der Waals surface area contributed by atoms with Gasteiger partial charge >= 0.3 is 13.6 Å². The molecule has 6 heteroatoms. The van der Waals surface area contributed by atoms with Crippen molar-refractivity contribution < 1.29 is 23.9 Å². The van der Waals surface area contributed by atoms with Crippen molar-refractivity contribution in [1.29, 1.82) is 0 Å². The number of rotatable bonds is 6. The first-order valence-electron chi connectivity index (χ1n) is 5.28. The summed E-state index contributed by atoms with van der Waals surface area (Å²) in [4.78, 5) is 29.3. The molecule has 0 rings (SSSR count). The van der Waals surface area contributed by atoms with E-state index in [0.717, 1.165) is 0 Å². The molecule has 0 fully saturated rings. The first-order valence-corrected chi connectivity index (χ1v) is 7.08. The van der Waals surface area contributed by atoms with E-state index in [1.54, 1.807) is 20.8 Å². The van der Waals surface area contributed by atoms with E-state index in [-0.39, 0.29) is 12.8 Å². The van der Waals surface area contributed by atoms with Crippen molar-refractivity contribution in [3.05, 3.63) is 11.1 Å². The van der Waals surface area contributed by atoms with Crippen molar-refractivity contribution in [3.63, 3.8) is 0 Å². The van der Waals surface area contributed by atoms with Crippen LogP contribution in [-0.4, -0.2) is 28.5 Å². The zero-order valence-electron chi connectivity index (χ0n) is 9.89. The van der Waals surface area contributed by atoms with Crippen LogP contribution in [-0.2, 0) is 14.1 Å². The normalized spacial score (nSPS) is 13.3. The van der Waals surface area contributed by atoms with E-state index in [4.69, 9.17) is 14.5 Å². The van der Waals surface area contributed by atoms with E-state index in [2.05, 4.69) is 0 Å². The van der Waals surface area contributed by atoms with Crippen molar-refractivity contribution in [2.45, 2.75) is 33.6 Å². The summed E-state index contributed by atoms with van der Waals surface area (Å²) in [5, 5.41) is 0. The second-order valence-corrected chi connectivity index (χ2v) is 4.98. The van der Waals surface area contributed by atoms with Gasteiger partial charge in [-0.3, -0.25) is 4.57 Å². The van der Waals surface area contributed by atoms with Crippen LogP contribution >= 0.6 is 7.60 Å². The average Bonchev–Trinajstić information content (AvgIpc) is 2.16. The lowest BCUT2D eigenvalue weighted by molar-refractivity contribution is -0.138. The molecule has 0 amide bonds. The number of hydrogen-bond donors (Lipinski definition) is 2. The van der Waals surface area contributed by atoms with E-state index in [1.165, 1.54) is 0 Å². The third-order valence-corrected chi connectivity index (χ3v) is 2.92. The molecule has 2 N–H and O–H groups in total. The Hall–Kier alpha value is -0.640. The van der Waals surface area contributed by atoms with E-state index in [0.29, 0.717) is 24.0 Å². The largest absolute Gasteiger partial charge is 0.463 e. The van der Waals surface area contributed by atoms with E-state index >= 15 is 0 Å². The van der Waals surface area contributed by atoms with Gasteiger partial charge in [-0.2, -0.15) is 0 Å². The average molecular weight is 250 g/mol. The molecule has 0 unspecified atom stereocenters. The second kappa shape index (κ2) is 6.84. The Morgan fingerprint density at radius 3 is 2.06 bits per heavy atom. The number of allylic oxidation sites excluding steroid dienone is 1. The topological polar surface area (TPSA) is 83.8 Å². The molecule has 0 aromatic carbocycles. The second-order valence-electron chi connectivity index (χ2n) is 3.33. The fraction of sp³-hybridized carbons (Fsp3) is 0.700. The summed E-state index contributed by atoms with van der Waals surface area (Å²) in [5.41, 5.74) is 0.863. The van der Waals surface area contributed by atoms with Crippen LogP contribution in [0.1, 0.15) is 33.6 Å². The molecule has 0 heterocycles. The van der Waals surface area contributed by atoms with Crippen molar-refractivity contribution in [2.75, 3.05) is 12.8 Å². The maximum atomic E-state index is 11.5. The van der Waals surface area contributed by atoms with Crippen LogP contribution in [0.3, 0.4) is 0 Å². The van der Waals surface area contributed by atoms with Gasteiger partial charge in [0.25, 0.3) is 0 Å². The Bertz CT molecular complexity index is 315. The van der Waals surface area contributed by atoms with Crippen molar-refractivity contribution >= 4 is 13.6 Å². The smallest absolute Gasteiger partial charge is 0.333 e. The summed E-state index contributed by atoms with van der Waals surface area (Å²) in [6.45, 7) is 5.48. The zero-order chi connectivity index (χ0) is 12.8. The van der Waals surface area contributed by atoms with Gasteiger partial charge in [-0.05, 0) is 25.3 Å². The van der Waals surface area contributed by atoms with E-state index in [1.807, 2.05) is 0 Å². The van der Waals surface area contributed by atoms with Gasteiger partial charge < -0.3 is 14.5 Å². The monoisotopic (exact) mass is 250 g/mol. The number of esters is 1. The van der Waals surface area contributed by atoms with Crippen LogP contribution in [0, 0.1) is 0 Å². The van der Waals surface area contributed by atoms with Crippen LogP contribution in [0.4, 0.5) is 0 Å². The van der Waals surface area contributed by atoms with Gasteiger partial charge in [-0.1, -0.05) is 13.8 Å². The van der Waals surface area contributed by atoms with Gasteiger partial charge in [0, 0.05) is 5.57 Å². The van der Waals surface area contributed by atoms with Gasteiger partial charge in [0.2, 0.25) is 0 Å². The van der Waals surface area contributed by atoms with Gasteiger partial charge in [0.05, 0.1) is 12.8 Å². The molecule has 0 aliphatic carbocycles. The third kappa shape index (κ3) is 5.45. The van der Waals surface area contributed by atoms with Gasteiger partial charge in [0.1, 0.15) is 0 Å². The first-order chi connectivity index (χ1) is 7.35. The minimum Gasteiger partial charge on any atom is -0.463 e. The van der Waals surface area contributed by atoms with Crippen molar-refractivity contribution in [1.82, 2.24) is 0 Å².